The molecule has 1 aliphatic carbocycles. The molecule has 1 N–H and O–H groups in total. The van der Waals surface area contributed by atoms with Gasteiger partial charge in [0.05, 0.1) is 0 Å². The van der Waals surface area contributed by atoms with Crippen LogP contribution in [0.2, 0.25) is 0 Å². The van der Waals surface area contributed by atoms with E-state index in [1.807, 2.05) is 30.3 Å². The van der Waals surface area contributed by atoms with Crippen molar-refractivity contribution in [3.8, 4) is 0 Å². The van der Waals surface area contributed by atoms with Gasteiger partial charge in [0.1, 0.15) is 0 Å². The lowest BCUT2D eigenvalue weighted by atomic mass is 9.81. The van der Waals surface area contributed by atoms with Gasteiger partial charge in [0.15, 0.2) is 5.78 Å². The third-order valence-electron chi connectivity index (χ3n) is 3.98. The largest absolute Gasteiger partial charge is 0.465 e. The molecule has 0 unspecified atom stereocenters. The van der Waals surface area contributed by atoms with Crippen molar-refractivity contribution in [3.05, 3.63) is 35.9 Å². The van der Waals surface area contributed by atoms with Crippen LogP contribution in [0.3, 0.4) is 0 Å². The topological polar surface area (TPSA) is 57.6 Å². The first-order valence-corrected chi connectivity index (χ1v) is 6.64. The van der Waals surface area contributed by atoms with Gasteiger partial charge in [0.25, 0.3) is 0 Å². The van der Waals surface area contributed by atoms with Crippen LogP contribution in [0.15, 0.2) is 30.3 Å². The Kier molecular flexibility index (Phi) is 4.20. The highest BCUT2D eigenvalue weighted by Gasteiger charge is 2.30. The Morgan fingerprint density at radius 1 is 1.11 bits per heavy atom. The highest BCUT2D eigenvalue weighted by atomic mass is 16.4. The minimum absolute atomic E-state index is 0.0424. The van der Waals surface area contributed by atoms with Crippen molar-refractivity contribution in [1.29, 1.82) is 0 Å². The predicted octanol–water partition coefficient (Wildman–Crippen LogP) is 3.04. The van der Waals surface area contributed by atoms with E-state index < -0.39 is 6.09 Å². The zero-order valence-corrected chi connectivity index (χ0v) is 11.1. The Hall–Kier alpha value is -1.84. The smallest absolute Gasteiger partial charge is 0.407 e. The van der Waals surface area contributed by atoms with Crippen LogP contribution < -0.4 is 0 Å². The van der Waals surface area contributed by atoms with Gasteiger partial charge < -0.3 is 10.0 Å². The first kappa shape index (κ1) is 13.6. The summed E-state index contributed by atoms with van der Waals surface area (Å²) in [6, 6.07) is 9.39. The van der Waals surface area contributed by atoms with Crippen LogP contribution in [0.25, 0.3) is 0 Å². The first-order valence-electron chi connectivity index (χ1n) is 6.64. The van der Waals surface area contributed by atoms with Gasteiger partial charge in [-0.25, -0.2) is 4.79 Å². The summed E-state index contributed by atoms with van der Waals surface area (Å²) in [7, 11) is 1.60. The number of amides is 1. The average molecular weight is 261 g/mol. The summed E-state index contributed by atoms with van der Waals surface area (Å²) in [5.41, 5.74) is 0.762. The Bertz CT molecular complexity index is 450. The highest BCUT2D eigenvalue weighted by molar-refractivity contribution is 5.97. The van der Waals surface area contributed by atoms with E-state index in [2.05, 4.69) is 0 Å². The van der Waals surface area contributed by atoms with Gasteiger partial charge in [0.2, 0.25) is 0 Å². The molecule has 0 aliphatic heterocycles. The zero-order chi connectivity index (χ0) is 13.8. The average Bonchev–Trinajstić information content (AvgIpc) is 2.46. The lowest BCUT2D eigenvalue weighted by Gasteiger charge is -2.32. The molecule has 0 spiro atoms. The van der Waals surface area contributed by atoms with Crippen LogP contribution in [0.5, 0.6) is 0 Å². The van der Waals surface area contributed by atoms with E-state index in [9.17, 15) is 9.59 Å². The Morgan fingerprint density at radius 2 is 1.68 bits per heavy atom. The number of Topliss-reactive ketones (excluding diaryl/α,β-unsaturated/α-hetero) is 1. The van der Waals surface area contributed by atoms with Crippen molar-refractivity contribution in [2.45, 2.75) is 31.7 Å². The summed E-state index contributed by atoms with van der Waals surface area (Å²) < 4.78 is 0. The third-order valence-corrected chi connectivity index (χ3v) is 3.98. The first-order chi connectivity index (χ1) is 9.09. The predicted molar refractivity (Wildman–Crippen MR) is 72.3 cm³/mol. The lowest BCUT2D eigenvalue weighted by Crippen LogP contribution is -2.39. The highest BCUT2D eigenvalue weighted by Crippen LogP contribution is 2.29. The molecule has 4 nitrogen and oxygen atoms in total. The number of ketones is 1. The Balaban J connectivity index is 1.93. The molecule has 1 aromatic rings. The minimum atomic E-state index is -0.891. The van der Waals surface area contributed by atoms with E-state index in [0.29, 0.717) is 0 Å². The van der Waals surface area contributed by atoms with Crippen LogP contribution >= 0.6 is 0 Å². The van der Waals surface area contributed by atoms with Crippen LogP contribution in [0.4, 0.5) is 4.79 Å². The van der Waals surface area contributed by atoms with Crippen molar-refractivity contribution >= 4 is 11.9 Å². The van der Waals surface area contributed by atoms with Gasteiger partial charge in [-0.15, -0.1) is 0 Å². The quantitative estimate of drug-likeness (QED) is 0.851. The molecule has 0 atom stereocenters. The van der Waals surface area contributed by atoms with Crippen molar-refractivity contribution < 1.29 is 14.7 Å². The molecular formula is C15H19NO3. The van der Waals surface area contributed by atoms with E-state index in [-0.39, 0.29) is 17.7 Å². The SMILES string of the molecule is CN(C(=O)O)[C@H]1CC[C@@H](C(=O)c2ccccc2)CC1. The molecule has 2 rings (SSSR count). The van der Waals surface area contributed by atoms with E-state index in [1.165, 1.54) is 4.90 Å². The standard InChI is InChI=1S/C15H19NO3/c1-16(15(18)19)13-9-7-12(8-10-13)14(17)11-5-3-2-4-6-11/h2-6,12-13H,7-10H2,1H3,(H,18,19)/t12-,13+. The molecule has 0 saturated heterocycles. The molecule has 0 aromatic heterocycles. The maximum atomic E-state index is 12.3. The van der Waals surface area contributed by atoms with E-state index in [1.54, 1.807) is 7.05 Å². The minimum Gasteiger partial charge on any atom is -0.465 e. The second kappa shape index (κ2) is 5.87. The number of carbonyl (C=O) groups is 2. The van der Waals surface area contributed by atoms with Crippen LogP contribution in [-0.2, 0) is 0 Å². The van der Waals surface area contributed by atoms with Crippen molar-refractivity contribution in [3.63, 3.8) is 0 Å². The van der Waals surface area contributed by atoms with Crippen LogP contribution in [0, 0.1) is 5.92 Å². The lowest BCUT2D eigenvalue weighted by molar-refractivity contribution is 0.0836. The molecule has 1 aromatic carbocycles. The summed E-state index contributed by atoms with van der Waals surface area (Å²) in [5.74, 6) is 0.234. The molecule has 1 fully saturated rings. The molecular weight excluding hydrogens is 242 g/mol. The number of rotatable bonds is 3. The van der Waals surface area contributed by atoms with Gasteiger partial charge in [0, 0.05) is 24.6 Å². The monoisotopic (exact) mass is 261 g/mol. The summed E-state index contributed by atoms with van der Waals surface area (Å²) in [6.45, 7) is 0. The number of benzene rings is 1. The molecule has 0 radical (unpaired) electrons. The number of carboxylic acid groups (broad SMARTS) is 1. The molecule has 19 heavy (non-hydrogen) atoms. The molecule has 1 amide bonds. The van der Waals surface area contributed by atoms with Gasteiger partial charge in [-0.3, -0.25) is 4.79 Å². The molecule has 1 aliphatic rings. The van der Waals surface area contributed by atoms with Gasteiger partial charge in [-0.05, 0) is 25.7 Å². The van der Waals surface area contributed by atoms with E-state index in [0.717, 1.165) is 31.2 Å². The fourth-order valence-electron chi connectivity index (χ4n) is 2.72. The zero-order valence-electron chi connectivity index (χ0n) is 11.1. The number of hydrogen-bond acceptors (Lipinski definition) is 2. The maximum Gasteiger partial charge on any atom is 0.407 e. The fourth-order valence-corrected chi connectivity index (χ4v) is 2.72. The second-order valence-corrected chi connectivity index (χ2v) is 5.13. The Labute approximate surface area is 113 Å². The number of nitrogens with zero attached hydrogens (tertiary/aromatic N) is 1. The molecule has 1 saturated carbocycles. The fraction of sp³-hybridized carbons (Fsp3) is 0.467. The van der Waals surface area contributed by atoms with Crippen molar-refractivity contribution in [2.75, 3.05) is 7.05 Å². The Morgan fingerprint density at radius 3 is 2.21 bits per heavy atom. The second-order valence-electron chi connectivity index (χ2n) is 5.13. The molecule has 0 bridgehead atoms. The van der Waals surface area contributed by atoms with Crippen molar-refractivity contribution in [1.82, 2.24) is 4.90 Å². The maximum absolute atomic E-state index is 12.3. The van der Waals surface area contributed by atoms with E-state index >= 15 is 0 Å². The molecule has 0 heterocycles. The normalized spacial score (nSPS) is 22.8. The van der Waals surface area contributed by atoms with E-state index in [4.69, 9.17) is 5.11 Å². The molecule has 4 heteroatoms. The summed E-state index contributed by atoms with van der Waals surface area (Å²) in [4.78, 5) is 24.5. The summed E-state index contributed by atoms with van der Waals surface area (Å²) >= 11 is 0. The van der Waals surface area contributed by atoms with Crippen LogP contribution in [-0.4, -0.2) is 35.0 Å². The van der Waals surface area contributed by atoms with Gasteiger partial charge >= 0.3 is 6.09 Å². The number of carbonyl (C=O) groups excluding carboxylic acids is 1. The van der Waals surface area contributed by atoms with Gasteiger partial charge in [-0.1, -0.05) is 30.3 Å². The van der Waals surface area contributed by atoms with Crippen LogP contribution in [0.1, 0.15) is 36.0 Å². The third kappa shape index (κ3) is 3.13. The summed E-state index contributed by atoms with van der Waals surface area (Å²) in [5, 5.41) is 8.95. The number of hydrogen-bond donors (Lipinski definition) is 1. The van der Waals surface area contributed by atoms with Gasteiger partial charge in [-0.2, -0.15) is 0 Å². The summed E-state index contributed by atoms with van der Waals surface area (Å²) in [6.07, 6.45) is 2.20. The van der Waals surface area contributed by atoms with Crippen molar-refractivity contribution in [2.24, 2.45) is 5.92 Å². The molecule has 102 valence electrons.